The van der Waals surface area contributed by atoms with Crippen LogP contribution in [0.4, 0.5) is 0 Å². The Kier molecular flexibility index (Phi) is 6.46. The average molecular weight is 434 g/mol. The van der Waals surface area contributed by atoms with Gasteiger partial charge in [0.15, 0.2) is 0 Å². The highest BCUT2D eigenvalue weighted by molar-refractivity contribution is 6.33. The standard InChI is InChI=1S/C21H17Cl2NO5/c1-28-21(27)18-15(19(23)17(26)11-16(18)25)8-7-12-4-3-9-24-20(12)29-14-6-2-5-13(22)10-14/h2-6,9-11,25-26H,7-8H2,1H3. The number of pyridine rings is 1. The molecule has 0 spiro atoms. The van der Waals surface area contributed by atoms with Crippen molar-refractivity contribution < 1.29 is 24.5 Å². The second kappa shape index (κ2) is 9.03. The zero-order valence-corrected chi connectivity index (χ0v) is 16.9. The molecule has 3 aromatic rings. The summed E-state index contributed by atoms with van der Waals surface area (Å²) in [6.45, 7) is 0. The largest absolute Gasteiger partial charge is 0.507 e. The summed E-state index contributed by atoms with van der Waals surface area (Å²) >= 11 is 12.2. The fourth-order valence-electron chi connectivity index (χ4n) is 2.86. The number of carbonyl (C=O) groups excluding carboxylic acids is 1. The third-order valence-corrected chi connectivity index (χ3v) is 4.87. The molecule has 0 saturated heterocycles. The number of nitrogens with zero attached hydrogens (tertiary/aromatic N) is 1. The molecule has 1 aromatic heterocycles. The van der Waals surface area contributed by atoms with Gasteiger partial charge in [0.1, 0.15) is 22.8 Å². The zero-order valence-electron chi connectivity index (χ0n) is 15.4. The van der Waals surface area contributed by atoms with E-state index in [0.29, 0.717) is 23.1 Å². The third kappa shape index (κ3) is 4.72. The summed E-state index contributed by atoms with van der Waals surface area (Å²) < 4.78 is 10.6. The Morgan fingerprint density at radius 2 is 1.86 bits per heavy atom. The predicted octanol–water partition coefficient (Wildman–Crippen LogP) is 5.16. The third-order valence-electron chi connectivity index (χ3n) is 4.22. The number of halogens is 2. The van der Waals surface area contributed by atoms with Crippen LogP contribution in [0.25, 0.3) is 0 Å². The van der Waals surface area contributed by atoms with E-state index in [-0.39, 0.29) is 28.3 Å². The lowest BCUT2D eigenvalue weighted by molar-refractivity contribution is 0.0596. The first-order valence-corrected chi connectivity index (χ1v) is 9.35. The summed E-state index contributed by atoms with van der Waals surface area (Å²) in [5.74, 6) is -0.583. The number of aryl methyl sites for hydroxylation is 1. The van der Waals surface area contributed by atoms with E-state index >= 15 is 0 Å². The molecule has 0 aliphatic rings. The van der Waals surface area contributed by atoms with E-state index in [0.717, 1.165) is 11.6 Å². The molecular formula is C21H17Cl2NO5. The van der Waals surface area contributed by atoms with Crippen molar-refractivity contribution >= 4 is 29.2 Å². The minimum atomic E-state index is -0.749. The SMILES string of the molecule is COC(=O)c1c(O)cc(O)c(Cl)c1CCc1cccnc1Oc1cccc(Cl)c1. The number of esters is 1. The summed E-state index contributed by atoms with van der Waals surface area (Å²) in [6, 6.07) is 11.5. The molecule has 0 radical (unpaired) electrons. The van der Waals surface area contributed by atoms with Crippen LogP contribution in [0, 0.1) is 0 Å². The summed E-state index contributed by atoms with van der Waals surface area (Å²) in [4.78, 5) is 16.4. The fraction of sp³-hybridized carbons (Fsp3) is 0.143. The molecule has 0 bridgehead atoms. The normalized spacial score (nSPS) is 10.6. The molecule has 3 rings (SSSR count). The van der Waals surface area contributed by atoms with Gasteiger partial charge >= 0.3 is 5.97 Å². The Morgan fingerprint density at radius 1 is 1.07 bits per heavy atom. The van der Waals surface area contributed by atoms with Crippen molar-refractivity contribution in [1.29, 1.82) is 0 Å². The van der Waals surface area contributed by atoms with Crippen molar-refractivity contribution in [1.82, 2.24) is 4.98 Å². The van der Waals surface area contributed by atoms with Crippen LogP contribution in [0.2, 0.25) is 10.0 Å². The maximum absolute atomic E-state index is 12.1. The van der Waals surface area contributed by atoms with Gasteiger partial charge in [-0.15, -0.1) is 0 Å². The van der Waals surface area contributed by atoms with Crippen molar-refractivity contribution in [2.45, 2.75) is 12.8 Å². The van der Waals surface area contributed by atoms with E-state index in [4.69, 9.17) is 32.7 Å². The molecule has 6 nitrogen and oxygen atoms in total. The molecule has 1 heterocycles. The van der Waals surface area contributed by atoms with E-state index in [1.807, 2.05) is 6.07 Å². The Labute approximate surface area is 177 Å². The molecule has 0 aliphatic heterocycles. The monoisotopic (exact) mass is 433 g/mol. The van der Waals surface area contributed by atoms with Gasteiger partial charge in [0.2, 0.25) is 5.88 Å². The molecule has 2 aromatic carbocycles. The maximum atomic E-state index is 12.1. The molecule has 0 amide bonds. The Morgan fingerprint density at radius 3 is 2.59 bits per heavy atom. The number of aromatic nitrogens is 1. The van der Waals surface area contributed by atoms with Crippen LogP contribution >= 0.6 is 23.2 Å². The van der Waals surface area contributed by atoms with Crippen LogP contribution in [0.15, 0.2) is 48.7 Å². The Hall–Kier alpha value is -2.96. The van der Waals surface area contributed by atoms with Gasteiger partial charge < -0.3 is 19.7 Å². The van der Waals surface area contributed by atoms with Crippen LogP contribution < -0.4 is 4.74 Å². The molecule has 2 N–H and O–H groups in total. The zero-order chi connectivity index (χ0) is 21.0. The first-order chi connectivity index (χ1) is 13.9. The number of benzene rings is 2. The van der Waals surface area contributed by atoms with Gasteiger partial charge in [-0.1, -0.05) is 35.3 Å². The Balaban J connectivity index is 1.90. The first kappa shape index (κ1) is 20.8. The maximum Gasteiger partial charge on any atom is 0.341 e. The van der Waals surface area contributed by atoms with Crippen LogP contribution in [-0.4, -0.2) is 28.3 Å². The van der Waals surface area contributed by atoms with E-state index in [1.165, 1.54) is 7.11 Å². The van der Waals surface area contributed by atoms with Crippen LogP contribution in [0.5, 0.6) is 23.1 Å². The van der Waals surface area contributed by atoms with Gasteiger partial charge in [0.25, 0.3) is 0 Å². The van der Waals surface area contributed by atoms with Crippen molar-refractivity contribution in [2.24, 2.45) is 0 Å². The number of carbonyl (C=O) groups is 1. The molecular weight excluding hydrogens is 417 g/mol. The molecule has 0 aliphatic carbocycles. The molecule has 29 heavy (non-hydrogen) atoms. The van der Waals surface area contributed by atoms with Gasteiger partial charge in [-0.25, -0.2) is 9.78 Å². The summed E-state index contributed by atoms with van der Waals surface area (Å²) in [7, 11) is 1.20. The van der Waals surface area contributed by atoms with Gasteiger partial charge in [0.05, 0.1) is 12.1 Å². The molecule has 0 saturated carbocycles. The molecule has 150 valence electrons. The van der Waals surface area contributed by atoms with Crippen LogP contribution in [-0.2, 0) is 17.6 Å². The van der Waals surface area contributed by atoms with Crippen molar-refractivity contribution in [3.8, 4) is 23.1 Å². The molecule has 0 fully saturated rings. The lowest BCUT2D eigenvalue weighted by Gasteiger charge is -2.14. The highest BCUT2D eigenvalue weighted by atomic mass is 35.5. The second-order valence-electron chi connectivity index (χ2n) is 6.10. The number of hydrogen-bond donors (Lipinski definition) is 2. The number of methoxy groups -OCH3 is 1. The van der Waals surface area contributed by atoms with Crippen molar-refractivity contribution in [3.63, 3.8) is 0 Å². The number of phenolic OH excluding ortho intramolecular Hbond substituents is 2. The summed E-state index contributed by atoms with van der Waals surface area (Å²) in [5, 5.41) is 20.5. The van der Waals surface area contributed by atoms with E-state index in [1.54, 1.807) is 36.5 Å². The van der Waals surface area contributed by atoms with Gasteiger partial charge in [0, 0.05) is 22.8 Å². The van der Waals surface area contributed by atoms with E-state index < -0.39 is 11.7 Å². The van der Waals surface area contributed by atoms with Gasteiger partial charge in [-0.05, 0) is 42.7 Å². The number of phenols is 2. The Bertz CT molecular complexity index is 1060. The number of hydrogen-bond acceptors (Lipinski definition) is 6. The number of rotatable bonds is 6. The summed E-state index contributed by atoms with van der Waals surface area (Å²) in [6.07, 6.45) is 2.19. The smallest absolute Gasteiger partial charge is 0.341 e. The van der Waals surface area contributed by atoms with Crippen molar-refractivity contribution in [3.05, 3.63) is 75.4 Å². The quantitative estimate of drug-likeness (QED) is 0.521. The lowest BCUT2D eigenvalue weighted by atomic mass is 9.98. The minimum absolute atomic E-state index is 0.0237. The highest BCUT2D eigenvalue weighted by Gasteiger charge is 2.23. The van der Waals surface area contributed by atoms with E-state index in [2.05, 4.69) is 4.98 Å². The topological polar surface area (TPSA) is 88.9 Å². The highest BCUT2D eigenvalue weighted by Crippen LogP contribution is 2.37. The predicted molar refractivity (Wildman–Crippen MR) is 109 cm³/mol. The minimum Gasteiger partial charge on any atom is -0.507 e. The van der Waals surface area contributed by atoms with Crippen LogP contribution in [0.3, 0.4) is 0 Å². The summed E-state index contributed by atoms with van der Waals surface area (Å²) in [5.41, 5.74) is 0.923. The number of ether oxygens (including phenoxy) is 2. The van der Waals surface area contributed by atoms with Gasteiger partial charge in [-0.2, -0.15) is 0 Å². The van der Waals surface area contributed by atoms with Crippen molar-refractivity contribution in [2.75, 3.05) is 7.11 Å². The van der Waals surface area contributed by atoms with Crippen LogP contribution in [0.1, 0.15) is 21.5 Å². The van der Waals surface area contributed by atoms with E-state index in [9.17, 15) is 15.0 Å². The lowest BCUT2D eigenvalue weighted by Crippen LogP contribution is -2.08. The second-order valence-corrected chi connectivity index (χ2v) is 6.92. The average Bonchev–Trinajstić information content (AvgIpc) is 2.70. The fourth-order valence-corrected chi connectivity index (χ4v) is 3.28. The molecule has 0 atom stereocenters. The number of aromatic hydroxyl groups is 2. The van der Waals surface area contributed by atoms with Gasteiger partial charge in [-0.3, -0.25) is 0 Å². The molecule has 0 unspecified atom stereocenters. The first-order valence-electron chi connectivity index (χ1n) is 8.59. The molecule has 8 heteroatoms.